The molecule has 0 aromatic rings. The van der Waals surface area contributed by atoms with E-state index >= 15 is 0 Å². The second-order valence-electron chi connectivity index (χ2n) is 4.66. The van der Waals surface area contributed by atoms with E-state index in [1.54, 1.807) is 0 Å². The highest BCUT2D eigenvalue weighted by molar-refractivity contribution is 7.18. The highest BCUT2D eigenvalue weighted by Crippen LogP contribution is 2.32. The van der Waals surface area contributed by atoms with Crippen LogP contribution in [0.15, 0.2) is 0 Å². The maximum atomic E-state index is 5.49. The maximum absolute atomic E-state index is 5.49. The summed E-state index contributed by atoms with van der Waals surface area (Å²) in [6.07, 6.45) is 9.11. The molecule has 0 aromatic carbocycles. The van der Waals surface area contributed by atoms with E-state index in [1.165, 1.54) is 44.9 Å². The standard InChI is InChI=1S/C10H23N2P/c1-10(13)7-3-2-5-9(12-11)6-4-8-10/h9,12H,2-8,11,13H2,1H3. The summed E-state index contributed by atoms with van der Waals surface area (Å²) in [5.74, 6) is 5.49. The lowest BCUT2D eigenvalue weighted by atomic mass is 9.98. The van der Waals surface area contributed by atoms with Crippen molar-refractivity contribution in [2.45, 2.75) is 63.1 Å². The van der Waals surface area contributed by atoms with Gasteiger partial charge in [-0.05, 0) is 30.8 Å². The van der Waals surface area contributed by atoms with Crippen LogP contribution in [0.25, 0.3) is 0 Å². The predicted octanol–water partition coefficient (Wildman–Crippen LogP) is 2.20. The molecule has 1 aliphatic carbocycles. The first-order valence-corrected chi connectivity index (χ1v) is 5.97. The van der Waals surface area contributed by atoms with Crippen molar-refractivity contribution in [3.8, 4) is 0 Å². The summed E-state index contributed by atoms with van der Waals surface area (Å²) >= 11 is 0. The largest absolute Gasteiger partial charge is 0.271 e. The first-order valence-electron chi connectivity index (χ1n) is 5.39. The van der Waals surface area contributed by atoms with Crippen molar-refractivity contribution in [3.05, 3.63) is 0 Å². The predicted molar refractivity (Wildman–Crippen MR) is 61.5 cm³/mol. The Bertz CT molecular complexity index is 148. The first-order chi connectivity index (χ1) is 6.14. The molecular weight excluding hydrogens is 179 g/mol. The van der Waals surface area contributed by atoms with E-state index in [-0.39, 0.29) is 0 Å². The van der Waals surface area contributed by atoms with Crippen molar-refractivity contribution in [3.63, 3.8) is 0 Å². The highest BCUT2D eigenvalue weighted by Gasteiger charge is 2.20. The van der Waals surface area contributed by atoms with E-state index in [1.807, 2.05) is 0 Å². The Morgan fingerprint density at radius 1 is 1.23 bits per heavy atom. The molecule has 0 amide bonds. The monoisotopic (exact) mass is 202 g/mol. The molecule has 1 rings (SSSR count). The molecule has 0 aromatic heterocycles. The topological polar surface area (TPSA) is 38.0 Å². The molecule has 78 valence electrons. The van der Waals surface area contributed by atoms with Crippen molar-refractivity contribution < 1.29 is 0 Å². The molecule has 0 spiro atoms. The first kappa shape index (κ1) is 11.4. The fraction of sp³-hybridized carbons (Fsp3) is 1.00. The van der Waals surface area contributed by atoms with Crippen LogP contribution in [-0.2, 0) is 0 Å². The molecule has 1 aliphatic rings. The maximum Gasteiger partial charge on any atom is 0.0210 e. The van der Waals surface area contributed by atoms with Crippen molar-refractivity contribution in [1.82, 2.24) is 5.43 Å². The minimum atomic E-state index is 0.476. The molecule has 0 bridgehead atoms. The number of hydrazine groups is 1. The number of nitrogens with two attached hydrogens (primary N) is 1. The molecule has 1 saturated carbocycles. The molecule has 0 aliphatic heterocycles. The van der Waals surface area contributed by atoms with Gasteiger partial charge in [-0.1, -0.05) is 26.2 Å². The second-order valence-corrected chi connectivity index (χ2v) is 6.05. The normalized spacial score (nSPS) is 37.6. The lowest BCUT2D eigenvalue weighted by Crippen LogP contribution is -2.34. The van der Waals surface area contributed by atoms with Gasteiger partial charge in [0.1, 0.15) is 0 Å². The van der Waals surface area contributed by atoms with Crippen LogP contribution in [0.5, 0.6) is 0 Å². The zero-order valence-electron chi connectivity index (χ0n) is 8.68. The molecule has 0 radical (unpaired) electrons. The van der Waals surface area contributed by atoms with Gasteiger partial charge in [0.2, 0.25) is 0 Å². The van der Waals surface area contributed by atoms with E-state index in [4.69, 9.17) is 5.84 Å². The van der Waals surface area contributed by atoms with Gasteiger partial charge in [-0.3, -0.25) is 11.3 Å². The summed E-state index contributed by atoms with van der Waals surface area (Å²) in [4.78, 5) is 0. The van der Waals surface area contributed by atoms with Crippen LogP contribution in [0.1, 0.15) is 51.9 Å². The Morgan fingerprint density at radius 2 is 1.85 bits per heavy atom. The fourth-order valence-corrected chi connectivity index (χ4v) is 2.52. The van der Waals surface area contributed by atoms with Gasteiger partial charge in [0.05, 0.1) is 0 Å². The van der Waals surface area contributed by atoms with Crippen LogP contribution >= 0.6 is 9.24 Å². The quantitative estimate of drug-likeness (QED) is 0.388. The van der Waals surface area contributed by atoms with Gasteiger partial charge in [-0.15, -0.1) is 9.24 Å². The van der Waals surface area contributed by atoms with E-state index < -0.39 is 0 Å². The molecular formula is C10H23N2P. The van der Waals surface area contributed by atoms with Crippen LogP contribution in [0, 0.1) is 0 Å². The van der Waals surface area contributed by atoms with Gasteiger partial charge >= 0.3 is 0 Å². The summed E-state index contributed by atoms with van der Waals surface area (Å²) in [7, 11) is 3.02. The minimum absolute atomic E-state index is 0.476. The van der Waals surface area contributed by atoms with E-state index in [0.29, 0.717) is 11.2 Å². The SMILES string of the molecule is CC1(P)CCCCC(NN)CCC1. The Hall–Kier alpha value is 0.350. The third-order valence-corrected chi connectivity index (χ3v) is 3.66. The Morgan fingerprint density at radius 3 is 2.54 bits per heavy atom. The molecule has 13 heavy (non-hydrogen) atoms. The van der Waals surface area contributed by atoms with Gasteiger partial charge < -0.3 is 0 Å². The number of hydrogen-bond donors (Lipinski definition) is 2. The summed E-state index contributed by atoms with van der Waals surface area (Å²) in [5, 5.41) is 0.476. The number of nitrogens with one attached hydrogen (secondary N) is 1. The van der Waals surface area contributed by atoms with Crippen LogP contribution in [-0.4, -0.2) is 11.2 Å². The molecule has 1 fully saturated rings. The van der Waals surface area contributed by atoms with Crippen LogP contribution in [0.4, 0.5) is 0 Å². The van der Waals surface area contributed by atoms with Crippen LogP contribution in [0.3, 0.4) is 0 Å². The highest BCUT2D eigenvalue weighted by atomic mass is 31.0. The molecule has 2 nitrogen and oxygen atoms in total. The Kier molecular flexibility index (Phi) is 4.64. The number of rotatable bonds is 1. The summed E-state index contributed by atoms with van der Waals surface area (Å²) in [6.45, 7) is 2.36. The molecule has 0 heterocycles. The van der Waals surface area contributed by atoms with Crippen LogP contribution in [0.2, 0.25) is 0 Å². The Balaban J connectivity index is 2.38. The zero-order chi connectivity index (χ0) is 9.73. The third kappa shape index (κ3) is 4.39. The summed E-state index contributed by atoms with van der Waals surface area (Å²) < 4.78 is 0. The lowest BCUT2D eigenvalue weighted by molar-refractivity contribution is 0.441. The molecule has 3 atom stereocenters. The van der Waals surface area contributed by atoms with Gasteiger partial charge in [-0.2, -0.15) is 0 Å². The zero-order valence-corrected chi connectivity index (χ0v) is 9.84. The van der Waals surface area contributed by atoms with E-state index in [0.717, 1.165) is 0 Å². The summed E-state index contributed by atoms with van der Waals surface area (Å²) in [5.41, 5.74) is 2.92. The molecule has 0 saturated heterocycles. The molecule has 3 N–H and O–H groups in total. The van der Waals surface area contributed by atoms with Crippen molar-refractivity contribution >= 4 is 9.24 Å². The van der Waals surface area contributed by atoms with Gasteiger partial charge in [0, 0.05) is 6.04 Å². The van der Waals surface area contributed by atoms with Crippen molar-refractivity contribution in [1.29, 1.82) is 0 Å². The Labute approximate surface area is 84.2 Å². The van der Waals surface area contributed by atoms with E-state index in [9.17, 15) is 0 Å². The van der Waals surface area contributed by atoms with Crippen LogP contribution < -0.4 is 11.3 Å². The molecule has 3 unspecified atom stereocenters. The number of hydrogen-bond acceptors (Lipinski definition) is 2. The molecule has 3 heteroatoms. The van der Waals surface area contributed by atoms with Gasteiger partial charge in [0.25, 0.3) is 0 Å². The second kappa shape index (κ2) is 5.29. The van der Waals surface area contributed by atoms with Gasteiger partial charge in [-0.25, -0.2) is 0 Å². The summed E-state index contributed by atoms with van der Waals surface area (Å²) in [6, 6.07) is 0.555. The third-order valence-electron chi connectivity index (χ3n) is 3.09. The van der Waals surface area contributed by atoms with Gasteiger partial charge in [0.15, 0.2) is 0 Å². The van der Waals surface area contributed by atoms with Crippen molar-refractivity contribution in [2.75, 3.05) is 0 Å². The average Bonchev–Trinajstić information content (AvgIpc) is 2.15. The fourth-order valence-electron chi connectivity index (χ4n) is 2.11. The lowest BCUT2D eigenvalue weighted by Gasteiger charge is -2.23. The smallest absolute Gasteiger partial charge is 0.0210 e. The van der Waals surface area contributed by atoms with E-state index in [2.05, 4.69) is 21.6 Å². The average molecular weight is 202 g/mol. The minimum Gasteiger partial charge on any atom is -0.271 e. The van der Waals surface area contributed by atoms with Crippen molar-refractivity contribution in [2.24, 2.45) is 5.84 Å².